The van der Waals surface area contributed by atoms with Crippen LogP contribution in [0.3, 0.4) is 0 Å². The average molecular weight is 322 g/mol. The number of carbonyl (C=O) groups excluding carboxylic acids is 2. The number of amides is 2. The van der Waals surface area contributed by atoms with Gasteiger partial charge in [-0.15, -0.1) is 0 Å². The van der Waals surface area contributed by atoms with Gasteiger partial charge < -0.3 is 20.1 Å². The van der Waals surface area contributed by atoms with Crippen molar-refractivity contribution in [3.05, 3.63) is 29.8 Å². The first-order valence-corrected chi connectivity index (χ1v) is 7.65. The lowest BCUT2D eigenvalue weighted by molar-refractivity contribution is -0.116. The molecule has 6 nitrogen and oxygen atoms in total. The maximum atomic E-state index is 11.9. The van der Waals surface area contributed by atoms with Gasteiger partial charge in [-0.2, -0.15) is 0 Å². The van der Waals surface area contributed by atoms with Crippen molar-refractivity contribution < 1.29 is 19.1 Å². The molecule has 6 heteroatoms. The number of carbonyl (C=O) groups is 2. The number of para-hydroxylation sites is 1. The molecule has 0 spiro atoms. The lowest BCUT2D eigenvalue weighted by Gasteiger charge is -2.19. The van der Waals surface area contributed by atoms with Gasteiger partial charge in [-0.3, -0.25) is 4.79 Å². The normalized spacial score (nSPS) is 11.0. The fourth-order valence-electron chi connectivity index (χ4n) is 1.89. The molecule has 0 radical (unpaired) electrons. The summed E-state index contributed by atoms with van der Waals surface area (Å²) in [5.74, 6) is -0.0976. The summed E-state index contributed by atoms with van der Waals surface area (Å²) < 4.78 is 10.2. The van der Waals surface area contributed by atoms with Crippen LogP contribution in [0.1, 0.15) is 39.2 Å². The third-order valence-electron chi connectivity index (χ3n) is 2.84. The fourth-order valence-corrected chi connectivity index (χ4v) is 1.89. The van der Waals surface area contributed by atoms with E-state index < -0.39 is 11.7 Å². The highest BCUT2D eigenvalue weighted by atomic mass is 16.6. The first kappa shape index (κ1) is 19.0. The quantitative estimate of drug-likeness (QED) is 0.756. The molecule has 0 atom stereocenters. The van der Waals surface area contributed by atoms with Gasteiger partial charge in [-0.1, -0.05) is 18.2 Å². The molecule has 128 valence electrons. The molecule has 2 amide bonds. The van der Waals surface area contributed by atoms with Crippen LogP contribution in [0.5, 0.6) is 0 Å². The van der Waals surface area contributed by atoms with Gasteiger partial charge in [0.15, 0.2) is 0 Å². The predicted octanol–water partition coefficient (Wildman–Crippen LogP) is 3.08. The van der Waals surface area contributed by atoms with E-state index in [0.717, 1.165) is 11.3 Å². The average Bonchev–Trinajstić information content (AvgIpc) is 2.44. The van der Waals surface area contributed by atoms with Crippen LogP contribution in [0, 0.1) is 0 Å². The Morgan fingerprint density at radius 2 is 1.87 bits per heavy atom. The molecule has 0 saturated carbocycles. The van der Waals surface area contributed by atoms with E-state index in [1.807, 2.05) is 24.3 Å². The van der Waals surface area contributed by atoms with Crippen molar-refractivity contribution in [1.82, 2.24) is 5.32 Å². The number of ether oxygens (including phenoxy) is 2. The Morgan fingerprint density at radius 1 is 1.17 bits per heavy atom. The standard InChI is InChI=1S/C17H26N2O4/c1-17(2,3)23-16(21)18-11-7-10-15(20)19-14-9-6-5-8-13(14)12-22-4/h5-6,8-9H,7,10-12H2,1-4H3,(H,18,21)(H,19,20). The summed E-state index contributed by atoms with van der Waals surface area (Å²) in [6.07, 6.45) is 0.387. The number of benzene rings is 1. The first-order chi connectivity index (χ1) is 10.8. The Hall–Kier alpha value is -2.08. The summed E-state index contributed by atoms with van der Waals surface area (Å²) in [5.41, 5.74) is 1.15. The van der Waals surface area contributed by atoms with Crippen molar-refractivity contribution in [1.29, 1.82) is 0 Å². The van der Waals surface area contributed by atoms with E-state index in [1.54, 1.807) is 27.9 Å². The third-order valence-corrected chi connectivity index (χ3v) is 2.84. The zero-order chi connectivity index (χ0) is 17.3. The number of rotatable bonds is 7. The van der Waals surface area contributed by atoms with Gasteiger partial charge in [0.2, 0.25) is 5.91 Å². The minimum Gasteiger partial charge on any atom is -0.444 e. The lowest BCUT2D eigenvalue weighted by atomic mass is 10.2. The van der Waals surface area contributed by atoms with Gasteiger partial charge in [0.25, 0.3) is 0 Å². The summed E-state index contributed by atoms with van der Waals surface area (Å²) in [7, 11) is 1.61. The number of nitrogens with one attached hydrogen (secondary N) is 2. The Kier molecular flexibility index (Phi) is 7.54. The van der Waals surface area contributed by atoms with Crippen LogP contribution in [0.15, 0.2) is 24.3 Å². The van der Waals surface area contributed by atoms with E-state index in [0.29, 0.717) is 26.0 Å². The minimum absolute atomic E-state index is 0.0976. The largest absolute Gasteiger partial charge is 0.444 e. The molecule has 0 aliphatic rings. The molecule has 0 aromatic heterocycles. The minimum atomic E-state index is -0.521. The third kappa shape index (κ3) is 8.21. The highest BCUT2D eigenvalue weighted by molar-refractivity contribution is 5.91. The molecule has 1 rings (SSSR count). The van der Waals surface area contributed by atoms with Crippen LogP contribution >= 0.6 is 0 Å². The molecule has 2 N–H and O–H groups in total. The molecule has 0 aliphatic heterocycles. The number of alkyl carbamates (subject to hydrolysis) is 1. The van der Waals surface area contributed by atoms with E-state index in [2.05, 4.69) is 10.6 Å². The second-order valence-corrected chi connectivity index (χ2v) is 6.17. The molecule has 0 bridgehead atoms. The Labute approximate surface area is 137 Å². The van der Waals surface area contributed by atoms with Gasteiger partial charge in [0, 0.05) is 31.3 Å². The van der Waals surface area contributed by atoms with Crippen molar-refractivity contribution in [2.45, 2.75) is 45.8 Å². The maximum Gasteiger partial charge on any atom is 0.407 e. The highest BCUT2D eigenvalue weighted by Crippen LogP contribution is 2.16. The van der Waals surface area contributed by atoms with E-state index in [4.69, 9.17) is 9.47 Å². The Balaban J connectivity index is 2.31. The molecule has 0 saturated heterocycles. The monoisotopic (exact) mass is 322 g/mol. The Morgan fingerprint density at radius 3 is 2.52 bits per heavy atom. The lowest BCUT2D eigenvalue weighted by Crippen LogP contribution is -2.33. The second kappa shape index (κ2) is 9.15. The summed E-state index contributed by atoms with van der Waals surface area (Å²) in [5, 5.41) is 5.49. The first-order valence-electron chi connectivity index (χ1n) is 7.65. The van der Waals surface area contributed by atoms with Crippen molar-refractivity contribution in [2.24, 2.45) is 0 Å². The van der Waals surface area contributed by atoms with Crippen LogP contribution in [0.25, 0.3) is 0 Å². The van der Waals surface area contributed by atoms with E-state index in [-0.39, 0.29) is 5.91 Å². The smallest absolute Gasteiger partial charge is 0.407 e. The molecule has 1 aromatic rings. The number of anilines is 1. The van der Waals surface area contributed by atoms with Crippen molar-refractivity contribution >= 4 is 17.7 Å². The van der Waals surface area contributed by atoms with Crippen molar-refractivity contribution in [3.63, 3.8) is 0 Å². The molecule has 0 fully saturated rings. The summed E-state index contributed by atoms with van der Waals surface area (Å²) in [6.45, 7) is 6.24. The maximum absolute atomic E-state index is 11.9. The number of hydrogen-bond donors (Lipinski definition) is 2. The molecular weight excluding hydrogens is 296 g/mol. The van der Waals surface area contributed by atoms with Gasteiger partial charge in [0.1, 0.15) is 5.60 Å². The fraction of sp³-hybridized carbons (Fsp3) is 0.529. The van der Waals surface area contributed by atoms with Gasteiger partial charge in [-0.25, -0.2) is 4.79 Å². The predicted molar refractivity (Wildman–Crippen MR) is 89.3 cm³/mol. The molecular formula is C17H26N2O4. The van der Waals surface area contributed by atoms with Gasteiger partial charge in [-0.05, 0) is 33.3 Å². The van der Waals surface area contributed by atoms with E-state index >= 15 is 0 Å². The summed E-state index contributed by atoms with van der Waals surface area (Å²) in [4.78, 5) is 23.4. The molecule has 0 heterocycles. The zero-order valence-electron chi connectivity index (χ0n) is 14.3. The number of hydrogen-bond acceptors (Lipinski definition) is 4. The molecule has 0 unspecified atom stereocenters. The topological polar surface area (TPSA) is 76.7 Å². The van der Waals surface area contributed by atoms with Crippen LogP contribution in [-0.4, -0.2) is 31.3 Å². The van der Waals surface area contributed by atoms with Crippen LogP contribution in [0.4, 0.5) is 10.5 Å². The van der Waals surface area contributed by atoms with E-state index in [1.165, 1.54) is 0 Å². The SMILES string of the molecule is COCc1ccccc1NC(=O)CCCNC(=O)OC(C)(C)C. The highest BCUT2D eigenvalue weighted by Gasteiger charge is 2.15. The number of methoxy groups -OCH3 is 1. The Bertz CT molecular complexity index is 524. The molecule has 0 aliphatic carbocycles. The van der Waals surface area contributed by atoms with Crippen molar-refractivity contribution in [2.75, 3.05) is 19.0 Å². The van der Waals surface area contributed by atoms with Gasteiger partial charge in [0.05, 0.1) is 6.61 Å². The zero-order valence-corrected chi connectivity index (χ0v) is 14.3. The van der Waals surface area contributed by atoms with Gasteiger partial charge >= 0.3 is 6.09 Å². The van der Waals surface area contributed by atoms with Crippen LogP contribution < -0.4 is 10.6 Å². The summed E-state index contributed by atoms with van der Waals surface area (Å²) >= 11 is 0. The van der Waals surface area contributed by atoms with Crippen LogP contribution in [-0.2, 0) is 20.9 Å². The van der Waals surface area contributed by atoms with E-state index in [9.17, 15) is 9.59 Å². The summed E-state index contributed by atoms with van der Waals surface area (Å²) in [6, 6.07) is 7.50. The van der Waals surface area contributed by atoms with Crippen molar-refractivity contribution in [3.8, 4) is 0 Å². The molecule has 1 aromatic carbocycles. The molecule has 23 heavy (non-hydrogen) atoms. The second-order valence-electron chi connectivity index (χ2n) is 6.17. The van der Waals surface area contributed by atoms with Crippen LogP contribution in [0.2, 0.25) is 0 Å².